The molecule has 0 aromatic rings. The smallest absolute Gasteiger partial charge is 0.241 e. The van der Waals surface area contributed by atoms with Crippen LogP contribution in [0.15, 0.2) is 0 Å². The highest BCUT2D eigenvalue weighted by Gasteiger charge is 2.57. The third-order valence-electron chi connectivity index (χ3n) is 6.79. The summed E-state index contributed by atoms with van der Waals surface area (Å²) in [5.41, 5.74) is 0.186. The fourth-order valence-electron chi connectivity index (χ4n) is 6.38. The Labute approximate surface area is 153 Å². The van der Waals surface area contributed by atoms with Crippen LogP contribution in [-0.2, 0) is 9.59 Å². The predicted octanol–water partition coefficient (Wildman–Crippen LogP) is 3.24. The van der Waals surface area contributed by atoms with Crippen molar-refractivity contribution >= 4 is 27.7 Å². The van der Waals surface area contributed by atoms with Crippen LogP contribution in [0.3, 0.4) is 0 Å². The number of piperidine rings is 1. The summed E-state index contributed by atoms with van der Waals surface area (Å²) in [6, 6.07) is 0. The quantitative estimate of drug-likeness (QED) is 0.741. The number of amides is 2. The molecule has 1 N–H and O–H groups in total. The van der Waals surface area contributed by atoms with Gasteiger partial charge in [0, 0.05) is 23.8 Å². The lowest BCUT2D eigenvalue weighted by atomic mass is 9.48. The van der Waals surface area contributed by atoms with Crippen LogP contribution in [0, 0.1) is 17.3 Å². The monoisotopic (exact) mass is 396 g/mol. The topological polar surface area (TPSA) is 49.4 Å². The van der Waals surface area contributed by atoms with Crippen molar-refractivity contribution in [2.75, 3.05) is 19.6 Å². The Bertz CT molecular complexity index is 515. The van der Waals surface area contributed by atoms with Crippen molar-refractivity contribution in [3.8, 4) is 0 Å². The summed E-state index contributed by atoms with van der Waals surface area (Å²) in [4.78, 5) is 26.6. The fourth-order valence-corrected chi connectivity index (χ4v) is 7.89. The van der Waals surface area contributed by atoms with E-state index >= 15 is 0 Å². The van der Waals surface area contributed by atoms with Gasteiger partial charge in [0.15, 0.2) is 0 Å². The average Bonchev–Trinajstić information content (AvgIpc) is 2.50. The van der Waals surface area contributed by atoms with E-state index in [4.69, 9.17) is 0 Å². The van der Waals surface area contributed by atoms with Gasteiger partial charge in [-0.1, -0.05) is 15.9 Å². The maximum atomic E-state index is 12.5. The Kier molecular flexibility index (Phi) is 4.42. The molecule has 0 aromatic heterocycles. The molecule has 5 heteroatoms. The summed E-state index contributed by atoms with van der Waals surface area (Å²) in [6.07, 6.45) is 11.5. The Hall–Kier alpha value is -0.580. The minimum absolute atomic E-state index is 0.0819. The van der Waals surface area contributed by atoms with Crippen LogP contribution in [0.4, 0.5) is 0 Å². The summed E-state index contributed by atoms with van der Waals surface area (Å²) < 4.78 is 0.293. The molecule has 4 aliphatic carbocycles. The zero-order valence-electron chi connectivity index (χ0n) is 14.5. The van der Waals surface area contributed by atoms with Crippen LogP contribution in [0.1, 0.15) is 64.2 Å². The zero-order valence-corrected chi connectivity index (χ0v) is 16.1. The van der Waals surface area contributed by atoms with Gasteiger partial charge in [0.25, 0.3) is 0 Å². The van der Waals surface area contributed by atoms with Crippen LogP contribution in [-0.4, -0.2) is 40.7 Å². The Morgan fingerprint density at radius 1 is 1.04 bits per heavy atom. The molecule has 1 saturated heterocycles. The number of carbonyl (C=O) groups excluding carboxylic acids is 2. The van der Waals surface area contributed by atoms with Gasteiger partial charge in [-0.2, -0.15) is 0 Å². The highest BCUT2D eigenvalue weighted by Crippen LogP contribution is 2.65. The van der Waals surface area contributed by atoms with Crippen molar-refractivity contribution in [3.05, 3.63) is 0 Å². The average molecular weight is 397 g/mol. The second-order valence-electron chi connectivity index (χ2n) is 9.01. The van der Waals surface area contributed by atoms with Crippen LogP contribution in [0.25, 0.3) is 0 Å². The van der Waals surface area contributed by atoms with Gasteiger partial charge in [0.2, 0.25) is 11.8 Å². The van der Waals surface area contributed by atoms with E-state index in [2.05, 4.69) is 21.2 Å². The molecular weight excluding hydrogens is 368 g/mol. The maximum Gasteiger partial charge on any atom is 0.241 e. The largest absolute Gasteiger partial charge is 0.347 e. The fraction of sp³-hybridized carbons (Fsp3) is 0.895. The highest BCUT2D eigenvalue weighted by atomic mass is 79.9. The molecule has 2 atom stereocenters. The summed E-state index contributed by atoms with van der Waals surface area (Å²) in [6.45, 7) is 1.89. The number of rotatable bonds is 4. The van der Waals surface area contributed by atoms with Gasteiger partial charge < -0.3 is 10.2 Å². The van der Waals surface area contributed by atoms with Crippen LogP contribution in [0.2, 0.25) is 0 Å². The first-order chi connectivity index (χ1) is 11.5. The highest BCUT2D eigenvalue weighted by molar-refractivity contribution is 9.10. The molecule has 4 saturated carbocycles. The number of halogens is 1. The molecule has 1 aliphatic heterocycles. The van der Waals surface area contributed by atoms with E-state index in [1.807, 2.05) is 4.90 Å². The van der Waals surface area contributed by atoms with Gasteiger partial charge in [-0.05, 0) is 75.0 Å². The van der Waals surface area contributed by atoms with Crippen LogP contribution in [0.5, 0.6) is 0 Å². The maximum absolute atomic E-state index is 12.5. The second kappa shape index (κ2) is 6.30. The molecule has 5 aliphatic rings. The summed E-state index contributed by atoms with van der Waals surface area (Å²) in [5, 5.41) is 2.92. The summed E-state index contributed by atoms with van der Waals surface area (Å²) in [7, 11) is 0. The molecule has 4 bridgehead atoms. The van der Waals surface area contributed by atoms with Gasteiger partial charge in [-0.15, -0.1) is 0 Å². The van der Waals surface area contributed by atoms with Crippen molar-refractivity contribution in [1.82, 2.24) is 10.2 Å². The van der Waals surface area contributed by atoms with Gasteiger partial charge in [0.05, 0.1) is 6.54 Å². The second-order valence-corrected chi connectivity index (χ2v) is 10.7. The first kappa shape index (κ1) is 16.9. The summed E-state index contributed by atoms with van der Waals surface area (Å²) >= 11 is 4.00. The third kappa shape index (κ3) is 3.38. The standard InChI is InChI=1S/C19H29BrN2O2/c20-19-9-14-6-15(10-19)8-18(7-14,13-19)11-16(23)21-12-17(24)22-4-2-1-3-5-22/h14-15H,1-13H2,(H,21,23). The number of nitrogens with one attached hydrogen (secondary N) is 1. The van der Waals surface area contributed by atoms with Gasteiger partial charge >= 0.3 is 0 Å². The first-order valence-corrected chi connectivity index (χ1v) is 10.5. The van der Waals surface area contributed by atoms with E-state index in [0.29, 0.717) is 10.7 Å². The van der Waals surface area contributed by atoms with Crippen molar-refractivity contribution in [2.24, 2.45) is 17.3 Å². The number of hydrogen-bond acceptors (Lipinski definition) is 2. The van der Waals surface area contributed by atoms with E-state index in [1.165, 1.54) is 38.5 Å². The van der Waals surface area contributed by atoms with E-state index in [9.17, 15) is 9.59 Å². The molecule has 24 heavy (non-hydrogen) atoms. The van der Waals surface area contributed by atoms with E-state index in [1.54, 1.807) is 0 Å². The number of alkyl halides is 1. The molecule has 5 fully saturated rings. The van der Waals surface area contributed by atoms with E-state index < -0.39 is 0 Å². The predicted molar refractivity (Wildman–Crippen MR) is 96.8 cm³/mol. The molecule has 2 unspecified atom stereocenters. The molecule has 0 spiro atoms. The van der Waals surface area contributed by atoms with Crippen LogP contribution >= 0.6 is 15.9 Å². The number of hydrogen-bond donors (Lipinski definition) is 1. The van der Waals surface area contributed by atoms with Crippen molar-refractivity contribution in [3.63, 3.8) is 0 Å². The lowest BCUT2D eigenvalue weighted by molar-refractivity contribution is -0.135. The SMILES string of the molecule is O=C(CC12CC3CC(CC(Br)(C3)C1)C2)NCC(=O)N1CCCCC1. The molecule has 1 heterocycles. The van der Waals surface area contributed by atoms with Gasteiger partial charge in [-0.3, -0.25) is 9.59 Å². The Morgan fingerprint density at radius 3 is 2.33 bits per heavy atom. The lowest BCUT2D eigenvalue weighted by Gasteiger charge is -2.60. The molecule has 5 rings (SSSR count). The minimum atomic E-state index is 0.0819. The van der Waals surface area contributed by atoms with Crippen molar-refractivity contribution < 1.29 is 9.59 Å². The van der Waals surface area contributed by atoms with Gasteiger partial charge in [0.1, 0.15) is 0 Å². The van der Waals surface area contributed by atoms with E-state index in [0.717, 1.165) is 44.2 Å². The molecule has 0 aromatic carbocycles. The normalized spacial score (nSPS) is 40.6. The van der Waals surface area contributed by atoms with Crippen molar-refractivity contribution in [1.29, 1.82) is 0 Å². The van der Waals surface area contributed by atoms with Crippen LogP contribution < -0.4 is 5.32 Å². The first-order valence-electron chi connectivity index (χ1n) is 9.69. The Balaban J connectivity index is 1.31. The lowest BCUT2D eigenvalue weighted by Crippen LogP contribution is -2.54. The molecule has 4 nitrogen and oxygen atoms in total. The Morgan fingerprint density at radius 2 is 1.71 bits per heavy atom. The summed E-state index contributed by atoms with van der Waals surface area (Å²) in [5.74, 6) is 1.77. The molecule has 0 radical (unpaired) electrons. The zero-order chi connectivity index (χ0) is 16.8. The minimum Gasteiger partial charge on any atom is -0.347 e. The molecular formula is C19H29BrN2O2. The third-order valence-corrected chi connectivity index (χ3v) is 7.72. The molecule has 134 valence electrons. The molecule has 2 amide bonds. The number of carbonyl (C=O) groups is 2. The number of nitrogens with zero attached hydrogens (tertiary/aromatic N) is 1. The van der Waals surface area contributed by atoms with Crippen molar-refractivity contribution in [2.45, 2.75) is 68.5 Å². The van der Waals surface area contributed by atoms with E-state index in [-0.39, 0.29) is 23.8 Å². The number of likely N-dealkylation sites (tertiary alicyclic amines) is 1. The van der Waals surface area contributed by atoms with Gasteiger partial charge in [-0.25, -0.2) is 0 Å².